The fraction of sp³-hybridized carbons (Fsp3) is 0.500. The van der Waals surface area contributed by atoms with Crippen LogP contribution in [0.4, 0.5) is 0 Å². The zero-order valence-corrected chi connectivity index (χ0v) is 11.2. The molecule has 18 heavy (non-hydrogen) atoms. The molecule has 0 bridgehead atoms. The van der Waals surface area contributed by atoms with E-state index in [-0.39, 0.29) is 0 Å². The maximum absolute atomic E-state index is 5.69. The Labute approximate surface area is 111 Å². The van der Waals surface area contributed by atoms with Gasteiger partial charge in [-0.05, 0) is 18.1 Å². The Morgan fingerprint density at radius 3 is 2.78 bits per heavy atom. The molecule has 1 aromatic rings. The Morgan fingerprint density at radius 2 is 2.00 bits per heavy atom. The molecule has 0 aliphatic rings. The average Bonchev–Trinajstić information content (AvgIpc) is 2.41. The van der Waals surface area contributed by atoms with Crippen molar-refractivity contribution in [2.45, 2.75) is 39.2 Å². The minimum Gasteiger partial charge on any atom is -0.377 e. The van der Waals surface area contributed by atoms with Gasteiger partial charge in [-0.1, -0.05) is 56.2 Å². The van der Waals surface area contributed by atoms with Crippen LogP contribution in [0.3, 0.4) is 0 Å². The van der Waals surface area contributed by atoms with Crippen LogP contribution in [0.1, 0.15) is 43.7 Å². The van der Waals surface area contributed by atoms with E-state index in [1.54, 1.807) is 0 Å². The predicted octanol–water partition coefficient (Wildman–Crippen LogP) is 3.09. The van der Waals surface area contributed by atoms with E-state index in [2.05, 4.69) is 24.8 Å². The molecule has 0 heterocycles. The SMILES string of the molecule is CCCCCCOCc1ccccc1C#CCN. The van der Waals surface area contributed by atoms with Gasteiger partial charge < -0.3 is 10.5 Å². The minimum atomic E-state index is 0.395. The molecule has 1 aromatic carbocycles. The summed E-state index contributed by atoms with van der Waals surface area (Å²) in [4.78, 5) is 0. The second-order valence-electron chi connectivity index (χ2n) is 4.28. The summed E-state index contributed by atoms with van der Waals surface area (Å²) >= 11 is 0. The number of hydrogen-bond donors (Lipinski definition) is 1. The van der Waals surface area contributed by atoms with E-state index in [1.165, 1.54) is 19.3 Å². The quantitative estimate of drug-likeness (QED) is 0.592. The summed E-state index contributed by atoms with van der Waals surface area (Å²) < 4.78 is 5.69. The molecule has 0 aliphatic carbocycles. The summed E-state index contributed by atoms with van der Waals surface area (Å²) in [5.74, 6) is 5.96. The fourth-order valence-corrected chi connectivity index (χ4v) is 1.73. The van der Waals surface area contributed by atoms with Crippen LogP contribution in [-0.4, -0.2) is 13.2 Å². The van der Waals surface area contributed by atoms with Gasteiger partial charge >= 0.3 is 0 Å². The Morgan fingerprint density at radius 1 is 1.17 bits per heavy atom. The Kier molecular flexibility index (Phi) is 7.96. The lowest BCUT2D eigenvalue weighted by Gasteiger charge is -2.06. The highest BCUT2D eigenvalue weighted by Gasteiger charge is 1.98. The van der Waals surface area contributed by atoms with Crippen molar-refractivity contribution in [1.82, 2.24) is 0 Å². The second kappa shape index (κ2) is 9.70. The van der Waals surface area contributed by atoms with E-state index >= 15 is 0 Å². The fourth-order valence-electron chi connectivity index (χ4n) is 1.73. The average molecular weight is 245 g/mol. The normalized spacial score (nSPS) is 9.89. The Balaban J connectivity index is 2.37. The van der Waals surface area contributed by atoms with Gasteiger partial charge in [0.1, 0.15) is 0 Å². The Hall–Kier alpha value is -1.30. The molecular formula is C16H23NO. The third kappa shape index (κ3) is 5.86. The number of rotatable bonds is 7. The highest BCUT2D eigenvalue weighted by molar-refractivity contribution is 5.41. The van der Waals surface area contributed by atoms with E-state index in [1.807, 2.05) is 18.2 Å². The highest BCUT2D eigenvalue weighted by Crippen LogP contribution is 2.09. The molecule has 0 aliphatic heterocycles. The van der Waals surface area contributed by atoms with E-state index in [0.29, 0.717) is 13.2 Å². The van der Waals surface area contributed by atoms with Crippen LogP contribution in [0.2, 0.25) is 0 Å². The van der Waals surface area contributed by atoms with Gasteiger partial charge in [0.25, 0.3) is 0 Å². The lowest BCUT2D eigenvalue weighted by atomic mass is 10.1. The first-order valence-corrected chi connectivity index (χ1v) is 6.73. The van der Waals surface area contributed by atoms with Crippen LogP contribution in [0.5, 0.6) is 0 Å². The van der Waals surface area contributed by atoms with Gasteiger partial charge in [-0.25, -0.2) is 0 Å². The van der Waals surface area contributed by atoms with E-state index in [9.17, 15) is 0 Å². The molecule has 2 nitrogen and oxygen atoms in total. The first-order valence-electron chi connectivity index (χ1n) is 6.73. The molecule has 2 heteroatoms. The van der Waals surface area contributed by atoms with Crippen molar-refractivity contribution < 1.29 is 4.74 Å². The van der Waals surface area contributed by atoms with Gasteiger partial charge in [0.05, 0.1) is 13.2 Å². The Bertz CT molecular complexity index is 390. The summed E-state index contributed by atoms with van der Waals surface area (Å²) in [6.45, 7) is 4.08. The third-order valence-electron chi connectivity index (χ3n) is 2.74. The predicted molar refractivity (Wildman–Crippen MR) is 76.2 cm³/mol. The van der Waals surface area contributed by atoms with Crippen molar-refractivity contribution in [3.8, 4) is 11.8 Å². The van der Waals surface area contributed by atoms with Gasteiger partial charge in [0.2, 0.25) is 0 Å². The number of unbranched alkanes of at least 4 members (excludes halogenated alkanes) is 3. The van der Waals surface area contributed by atoms with Gasteiger partial charge in [0.15, 0.2) is 0 Å². The lowest BCUT2D eigenvalue weighted by Crippen LogP contribution is -1.98. The van der Waals surface area contributed by atoms with Crippen LogP contribution in [-0.2, 0) is 11.3 Å². The topological polar surface area (TPSA) is 35.2 Å². The standard InChI is InChI=1S/C16H23NO/c1-2-3-4-7-13-18-14-16-10-6-5-9-15(16)11-8-12-17/h5-6,9-10H,2-4,7,12-14,17H2,1H3. The molecular weight excluding hydrogens is 222 g/mol. The number of ether oxygens (including phenoxy) is 1. The number of benzene rings is 1. The first kappa shape index (κ1) is 14.8. The van der Waals surface area contributed by atoms with Crippen molar-refractivity contribution in [2.75, 3.05) is 13.2 Å². The number of nitrogens with two attached hydrogens (primary N) is 1. The molecule has 0 amide bonds. The van der Waals surface area contributed by atoms with Gasteiger partial charge in [-0.15, -0.1) is 0 Å². The largest absolute Gasteiger partial charge is 0.377 e. The third-order valence-corrected chi connectivity index (χ3v) is 2.74. The zero-order chi connectivity index (χ0) is 13.1. The molecule has 0 unspecified atom stereocenters. The molecule has 0 saturated heterocycles. The molecule has 0 fully saturated rings. The summed E-state index contributed by atoms with van der Waals surface area (Å²) in [5.41, 5.74) is 7.56. The van der Waals surface area contributed by atoms with Gasteiger partial charge in [-0.2, -0.15) is 0 Å². The van der Waals surface area contributed by atoms with Crippen LogP contribution < -0.4 is 5.73 Å². The molecule has 2 N–H and O–H groups in total. The maximum atomic E-state index is 5.69. The van der Waals surface area contributed by atoms with Crippen molar-refractivity contribution >= 4 is 0 Å². The van der Waals surface area contributed by atoms with Crippen LogP contribution in [0.25, 0.3) is 0 Å². The molecule has 98 valence electrons. The van der Waals surface area contributed by atoms with Crippen molar-refractivity contribution in [2.24, 2.45) is 5.73 Å². The minimum absolute atomic E-state index is 0.395. The van der Waals surface area contributed by atoms with Gasteiger partial charge in [0, 0.05) is 12.2 Å². The van der Waals surface area contributed by atoms with Crippen molar-refractivity contribution in [3.05, 3.63) is 35.4 Å². The molecule has 1 rings (SSSR count). The van der Waals surface area contributed by atoms with Crippen LogP contribution in [0.15, 0.2) is 24.3 Å². The first-order chi connectivity index (χ1) is 8.88. The van der Waals surface area contributed by atoms with Crippen molar-refractivity contribution in [1.29, 1.82) is 0 Å². The molecule has 0 radical (unpaired) electrons. The summed E-state index contributed by atoms with van der Waals surface area (Å²) in [6.07, 6.45) is 4.95. The maximum Gasteiger partial charge on any atom is 0.0728 e. The van der Waals surface area contributed by atoms with E-state index < -0.39 is 0 Å². The van der Waals surface area contributed by atoms with E-state index in [0.717, 1.165) is 24.2 Å². The molecule has 0 spiro atoms. The number of hydrogen-bond acceptors (Lipinski definition) is 2. The second-order valence-corrected chi connectivity index (χ2v) is 4.28. The summed E-state index contributed by atoms with van der Waals surface area (Å²) in [5, 5.41) is 0. The molecule has 0 aromatic heterocycles. The molecule has 0 saturated carbocycles. The monoisotopic (exact) mass is 245 g/mol. The van der Waals surface area contributed by atoms with E-state index in [4.69, 9.17) is 10.5 Å². The van der Waals surface area contributed by atoms with Crippen LogP contribution >= 0.6 is 0 Å². The zero-order valence-electron chi connectivity index (χ0n) is 11.2. The lowest BCUT2D eigenvalue weighted by molar-refractivity contribution is 0.116. The molecule has 0 atom stereocenters. The van der Waals surface area contributed by atoms with Crippen molar-refractivity contribution in [3.63, 3.8) is 0 Å². The van der Waals surface area contributed by atoms with Gasteiger partial charge in [-0.3, -0.25) is 0 Å². The smallest absolute Gasteiger partial charge is 0.0728 e. The highest BCUT2D eigenvalue weighted by atomic mass is 16.5. The van der Waals surface area contributed by atoms with Crippen LogP contribution in [0, 0.1) is 11.8 Å². The summed E-state index contributed by atoms with van der Waals surface area (Å²) in [6, 6.07) is 8.08. The summed E-state index contributed by atoms with van der Waals surface area (Å²) in [7, 11) is 0.